The number of likely N-dealkylation sites (tertiary alicyclic amines) is 1. The molecule has 1 fully saturated rings. The van der Waals surface area contributed by atoms with E-state index in [0.717, 1.165) is 25.9 Å². The van der Waals surface area contributed by atoms with Crippen LogP contribution in [0.4, 0.5) is 0 Å². The van der Waals surface area contributed by atoms with Crippen LogP contribution in [0.15, 0.2) is 23.1 Å². The van der Waals surface area contributed by atoms with E-state index in [1.165, 1.54) is 4.57 Å². The van der Waals surface area contributed by atoms with Gasteiger partial charge >= 0.3 is 5.56 Å². The third-order valence-electron chi connectivity index (χ3n) is 4.30. The Labute approximate surface area is 140 Å². The number of nitrogens with zero attached hydrogens (tertiary/aromatic N) is 4. The largest absolute Gasteiger partial charge is 0.474 e. The number of rotatable bonds is 5. The van der Waals surface area contributed by atoms with Crippen molar-refractivity contribution in [3.8, 4) is 5.88 Å². The number of aromatic nitrogens is 3. The quantitative estimate of drug-likeness (QED) is 0.835. The summed E-state index contributed by atoms with van der Waals surface area (Å²) in [7, 11) is 0. The van der Waals surface area contributed by atoms with Crippen molar-refractivity contribution in [1.82, 2.24) is 19.4 Å². The molecule has 2 aromatic heterocycles. The van der Waals surface area contributed by atoms with E-state index in [1.807, 2.05) is 11.8 Å². The predicted octanol–water partition coefficient (Wildman–Crippen LogP) is 1.76. The van der Waals surface area contributed by atoms with Gasteiger partial charge < -0.3 is 9.64 Å². The highest BCUT2D eigenvalue weighted by molar-refractivity contribution is 5.83. The van der Waals surface area contributed by atoms with Crippen molar-refractivity contribution in [3.05, 3.63) is 28.7 Å². The summed E-state index contributed by atoms with van der Waals surface area (Å²) < 4.78 is 6.84. The van der Waals surface area contributed by atoms with Gasteiger partial charge in [0.1, 0.15) is 11.6 Å². The van der Waals surface area contributed by atoms with Crippen molar-refractivity contribution in [2.75, 3.05) is 19.7 Å². The lowest BCUT2D eigenvalue weighted by molar-refractivity contribution is -0.133. The zero-order valence-corrected chi connectivity index (χ0v) is 14.1. The smallest absolute Gasteiger partial charge is 0.315 e. The Kier molecular flexibility index (Phi) is 4.78. The van der Waals surface area contributed by atoms with Gasteiger partial charge in [0.2, 0.25) is 5.91 Å². The summed E-state index contributed by atoms with van der Waals surface area (Å²) in [5.74, 6) is -0.0108. The minimum atomic E-state index is -0.588. The van der Waals surface area contributed by atoms with E-state index >= 15 is 0 Å². The van der Waals surface area contributed by atoms with Gasteiger partial charge in [0.15, 0.2) is 5.65 Å². The summed E-state index contributed by atoms with van der Waals surface area (Å²) in [5.41, 5.74) is 0.570. The van der Waals surface area contributed by atoms with E-state index in [1.54, 1.807) is 25.3 Å². The molecule has 3 rings (SSSR count). The van der Waals surface area contributed by atoms with Gasteiger partial charge in [-0.2, -0.15) is 0 Å². The summed E-state index contributed by atoms with van der Waals surface area (Å²) in [5, 5.41) is 0. The van der Waals surface area contributed by atoms with Crippen molar-refractivity contribution < 1.29 is 9.53 Å². The number of fused-ring (bicyclic) bond motifs is 1. The summed E-state index contributed by atoms with van der Waals surface area (Å²) in [6.07, 6.45) is 4.14. The molecule has 7 nitrogen and oxygen atoms in total. The van der Waals surface area contributed by atoms with Crippen molar-refractivity contribution in [2.24, 2.45) is 0 Å². The second-order valence-corrected chi connectivity index (χ2v) is 5.83. The Morgan fingerprint density at radius 1 is 1.33 bits per heavy atom. The Morgan fingerprint density at radius 2 is 2.08 bits per heavy atom. The van der Waals surface area contributed by atoms with Crippen LogP contribution < -0.4 is 10.3 Å². The van der Waals surface area contributed by atoms with Crippen LogP contribution in [0.1, 0.15) is 39.2 Å². The molecular formula is C17H22N4O3. The average Bonchev–Trinajstić information content (AvgIpc) is 3.13. The van der Waals surface area contributed by atoms with Gasteiger partial charge in [-0.05, 0) is 38.3 Å². The molecule has 0 radical (unpaired) electrons. The first-order valence-corrected chi connectivity index (χ1v) is 8.46. The van der Waals surface area contributed by atoms with Crippen molar-refractivity contribution >= 4 is 17.1 Å². The third kappa shape index (κ3) is 2.86. The lowest BCUT2D eigenvalue weighted by Gasteiger charge is -2.24. The molecule has 0 spiro atoms. The molecule has 1 saturated heterocycles. The highest BCUT2D eigenvalue weighted by Crippen LogP contribution is 2.22. The Bertz CT molecular complexity index is 796. The van der Waals surface area contributed by atoms with Gasteiger partial charge in [0.05, 0.1) is 6.61 Å². The van der Waals surface area contributed by atoms with Crippen LogP contribution >= 0.6 is 0 Å². The maximum atomic E-state index is 12.9. The topological polar surface area (TPSA) is 77.3 Å². The van der Waals surface area contributed by atoms with Gasteiger partial charge in [-0.15, -0.1) is 0 Å². The number of hydrogen-bond donors (Lipinski definition) is 0. The summed E-state index contributed by atoms with van der Waals surface area (Å²) in [4.78, 5) is 36.2. The number of hydrogen-bond acceptors (Lipinski definition) is 5. The van der Waals surface area contributed by atoms with Crippen molar-refractivity contribution in [3.63, 3.8) is 0 Å². The van der Waals surface area contributed by atoms with Crippen LogP contribution in [-0.4, -0.2) is 45.0 Å². The maximum absolute atomic E-state index is 12.9. The molecule has 7 heteroatoms. The van der Waals surface area contributed by atoms with E-state index in [-0.39, 0.29) is 11.8 Å². The SMILES string of the molecule is CCOc1nc2cccnc2n(C(CC)C(=O)N2CCCC2)c1=O. The molecule has 3 heterocycles. The summed E-state index contributed by atoms with van der Waals surface area (Å²) >= 11 is 0. The molecule has 0 bridgehead atoms. The van der Waals surface area contributed by atoms with E-state index in [2.05, 4.69) is 9.97 Å². The number of ether oxygens (including phenoxy) is 1. The highest BCUT2D eigenvalue weighted by Gasteiger charge is 2.30. The standard InChI is InChI=1S/C17H22N4O3/c1-3-13(16(22)20-10-5-6-11-20)21-14-12(8-7-9-18-14)19-15(17(21)23)24-4-2/h7-9,13H,3-6,10-11H2,1-2H3. The van der Waals surface area contributed by atoms with E-state index in [4.69, 9.17) is 4.74 Å². The first-order valence-electron chi connectivity index (χ1n) is 8.46. The molecule has 0 aliphatic carbocycles. The Morgan fingerprint density at radius 3 is 2.75 bits per heavy atom. The zero-order valence-electron chi connectivity index (χ0n) is 14.1. The average molecular weight is 330 g/mol. The second-order valence-electron chi connectivity index (χ2n) is 5.83. The minimum Gasteiger partial charge on any atom is -0.474 e. The van der Waals surface area contributed by atoms with Gasteiger partial charge in [-0.25, -0.2) is 9.97 Å². The van der Waals surface area contributed by atoms with Crippen molar-refractivity contribution in [1.29, 1.82) is 0 Å². The Balaban J connectivity index is 2.16. The zero-order chi connectivity index (χ0) is 17.1. The molecule has 128 valence electrons. The highest BCUT2D eigenvalue weighted by atomic mass is 16.5. The molecule has 1 unspecified atom stereocenters. The fourth-order valence-corrected chi connectivity index (χ4v) is 3.15. The lowest BCUT2D eigenvalue weighted by Crippen LogP contribution is -2.39. The molecule has 1 aliphatic rings. The van der Waals surface area contributed by atoms with Gasteiger partial charge in [0, 0.05) is 19.3 Å². The minimum absolute atomic E-state index is 0.0191. The third-order valence-corrected chi connectivity index (χ3v) is 4.30. The van der Waals surface area contributed by atoms with Crippen LogP contribution in [0.25, 0.3) is 11.2 Å². The molecule has 24 heavy (non-hydrogen) atoms. The van der Waals surface area contributed by atoms with Crippen LogP contribution in [0.2, 0.25) is 0 Å². The normalized spacial score (nSPS) is 15.7. The molecule has 2 aromatic rings. The molecule has 1 aliphatic heterocycles. The first kappa shape index (κ1) is 16.4. The Hall–Kier alpha value is -2.44. The molecule has 1 amide bonds. The van der Waals surface area contributed by atoms with E-state index in [9.17, 15) is 9.59 Å². The molecular weight excluding hydrogens is 308 g/mol. The van der Waals surface area contributed by atoms with Crippen LogP contribution in [0, 0.1) is 0 Å². The number of amides is 1. The first-order chi connectivity index (χ1) is 11.7. The summed E-state index contributed by atoms with van der Waals surface area (Å²) in [6.45, 7) is 5.54. The second kappa shape index (κ2) is 6.98. The van der Waals surface area contributed by atoms with E-state index in [0.29, 0.717) is 24.2 Å². The fourth-order valence-electron chi connectivity index (χ4n) is 3.15. The molecule has 1 atom stereocenters. The van der Waals surface area contributed by atoms with Crippen LogP contribution in [0.3, 0.4) is 0 Å². The molecule has 0 N–H and O–H groups in total. The summed E-state index contributed by atoms with van der Waals surface area (Å²) in [6, 6.07) is 2.94. The van der Waals surface area contributed by atoms with Crippen LogP contribution in [-0.2, 0) is 4.79 Å². The number of carbonyl (C=O) groups excluding carboxylic acids is 1. The fraction of sp³-hybridized carbons (Fsp3) is 0.529. The monoisotopic (exact) mass is 330 g/mol. The number of pyridine rings is 1. The predicted molar refractivity (Wildman–Crippen MR) is 90.1 cm³/mol. The molecule has 0 aromatic carbocycles. The van der Waals surface area contributed by atoms with Gasteiger partial charge in [-0.1, -0.05) is 6.92 Å². The van der Waals surface area contributed by atoms with Gasteiger partial charge in [0.25, 0.3) is 5.88 Å². The lowest BCUT2D eigenvalue weighted by atomic mass is 10.2. The van der Waals surface area contributed by atoms with Crippen molar-refractivity contribution in [2.45, 2.75) is 39.2 Å². The number of carbonyl (C=O) groups is 1. The van der Waals surface area contributed by atoms with Gasteiger partial charge in [-0.3, -0.25) is 14.2 Å². The maximum Gasteiger partial charge on any atom is 0.315 e. The molecule has 0 saturated carbocycles. The van der Waals surface area contributed by atoms with E-state index < -0.39 is 11.6 Å². The van der Waals surface area contributed by atoms with Crippen LogP contribution in [0.5, 0.6) is 5.88 Å².